The third-order valence-electron chi connectivity index (χ3n) is 2.36. The molecule has 0 amide bonds. The maximum absolute atomic E-state index is 9.22. The van der Waals surface area contributed by atoms with Crippen molar-refractivity contribution in [3.05, 3.63) is 35.7 Å². The van der Waals surface area contributed by atoms with E-state index in [1.165, 1.54) is 5.56 Å². The molecule has 0 atom stereocenters. The highest BCUT2D eigenvalue weighted by Crippen LogP contribution is 2.16. The molecule has 0 saturated carbocycles. The minimum atomic E-state index is 0.0357. The lowest BCUT2D eigenvalue weighted by Crippen LogP contribution is -2.11. The Balaban J connectivity index is 2.56. The average molecular weight is 205 g/mol. The van der Waals surface area contributed by atoms with Crippen LogP contribution in [0.4, 0.5) is 0 Å². The summed E-state index contributed by atoms with van der Waals surface area (Å²) in [7, 11) is 4.05. The summed E-state index contributed by atoms with van der Waals surface area (Å²) in [5, 5.41) is 13.4. The molecule has 0 unspecified atom stereocenters. The summed E-state index contributed by atoms with van der Waals surface area (Å²) in [5.41, 5.74) is 3.09. The summed E-state index contributed by atoms with van der Waals surface area (Å²) < 4.78 is 1.81. The molecule has 1 N–H and O–H groups in total. The largest absolute Gasteiger partial charge is 0.392 e. The molecule has 0 spiro atoms. The number of hydrogen-bond donors (Lipinski definition) is 1. The lowest BCUT2D eigenvalue weighted by atomic mass is 10.1. The third-order valence-corrected chi connectivity index (χ3v) is 2.36. The highest BCUT2D eigenvalue weighted by molar-refractivity contribution is 5.59. The second-order valence-corrected chi connectivity index (χ2v) is 3.89. The van der Waals surface area contributed by atoms with Crippen molar-refractivity contribution in [3.8, 4) is 0 Å². The molecule has 0 saturated heterocycles. The highest BCUT2D eigenvalue weighted by Gasteiger charge is 2.08. The van der Waals surface area contributed by atoms with Crippen molar-refractivity contribution in [2.24, 2.45) is 0 Å². The molecular weight excluding hydrogens is 190 g/mol. The van der Waals surface area contributed by atoms with E-state index in [1.807, 2.05) is 30.9 Å². The van der Waals surface area contributed by atoms with Crippen molar-refractivity contribution in [1.82, 2.24) is 14.5 Å². The molecular formula is C11H15N3O. The van der Waals surface area contributed by atoms with Gasteiger partial charge in [0.1, 0.15) is 0 Å². The van der Waals surface area contributed by atoms with Crippen LogP contribution in [0.25, 0.3) is 5.52 Å². The lowest BCUT2D eigenvalue weighted by Gasteiger charge is -2.11. The predicted octanol–water partition coefficient (Wildman–Crippen LogP) is 0.888. The van der Waals surface area contributed by atoms with Crippen molar-refractivity contribution < 1.29 is 5.11 Å². The molecule has 2 heterocycles. The van der Waals surface area contributed by atoms with Gasteiger partial charge in [0.2, 0.25) is 0 Å². The van der Waals surface area contributed by atoms with Crippen LogP contribution in [0.15, 0.2) is 24.5 Å². The first-order valence-electron chi connectivity index (χ1n) is 4.92. The molecule has 2 rings (SSSR count). The monoisotopic (exact) mass is 205 g/mol. The van der Waals surface area contributed by atoms with Gasteiger partial charge in [-0.3, -0.25) is 0 Å². The van der Waals surface area contributed by atoms with Crippen molar-refractivity contribution in [1.29, 1.82) is 0 Å². The van der Waals surface area contributed by atoms with E-state index in [4.69, 9.17) is 0 Å². The second kappa shape index (κ2) is 4.00. The molecule has 4 nitrogen and oxygen atoms in total. The Bertz CT molecular complexity index is 462. The predicted molar refractivity (Wildman–Crippen MR) is 58.5 cm³/mol. The fourth-order valence-electron chi connectivity index (χ4n) is 1.77. The Morgan fingerprint density at radius 3 is 2.87 bits per heavy atom. The van der Waals surface area contributed by atoms with Gasteiger partial charge in [-0.1, -0.05) is 6.07 Å². The maximum atomic E-state index is 9.22. The number of pyridine rings is 1. The zero-order valence-electron chi connectivity index (χ0n) is 9.01. The van der Waals surface area contributed by atoms with Crippen LogP contribution in [-0.4, -0.2) is 33.7 Å². The number of hydrogen-bond acceptors (Lipinski definition) is 3. The maximum Gasteiger partial charge on any atom is 0.0761 e. The summed E-state index contributed by atoms with van der Waals surface area (Å²) in [6.45, 7) is 0.886. The van der Waals surface area contributed by atoms with Gasteiger partial charge in [-0.05, 0) is 25.7 Å². The summed E-state index contributed by atoms with van der Waals surface area (Å²) >= 11 is 0. The van der Waals surface area contributed by atoms with Gasteiger partial charge in [0.05, 0.1) is 18.3 Å². The number of aromatic nitrogens is 2. The molecule has 0 aliphatic rings. The number of fused-ring (bicyclic) bond motifs is 1. The fraction of sp³-hybridized carbons (Fsp3) is 0.364. The Hall–Kier alpha value is -1.39. The molecule has 15 heavy (non-hydrogen) atoms. The zero-order valence-corrected chi connectivity index (χ0v) is 9.01. The van der Waals surface area contributed by atoms with E-state index in [-0.39, 0.29) is 6.61 Å². The van der Waals surface area contributed by atoms with Gasteiger partial charge in [-0.2, -0.15) is 5.10 Å². The normalized spacial score (nSPS) is 11.5. The molecule has 0 bridgehead atoms. The van der Waals surface area contributed by atoms with Gasteiger partial charge in [0.15, 0.2) is 0 Å². The Kier molecular flexibility index (Phi) is 2.70. The van der Waals surface area contributed by atoms with E-state index in [2.05, 4.69) is 16.1 Å². The standard InChI is InChI=1S/C11H15N3O/c1-13(2)7-9-4-3-5-14-11(9)10(8-15)6-12-14/h3-6,15H,7-8H2,1-2H3. The molecule has 4 heteroatoms. The van der Waals surface area contributed by atoms with Crippen LogP contribution in [0.3, 0.4) is 0 Å². The second-order valence-electron chi connectivity index (χ2n) is 3.89. The first kappa shape index (κ1) is 10.1. The van der Waals surface area contributed by atoms with Crippen LogP contribution in [0.2, 0.25) is 0 Å². The van der Waals surface area contributed by atoms with E-state index in [0.29, 0.717) is 0 Å². The van der Waals surface area contributed by atoms with Gasteiger partial charge in [-0.15, -0.1) is 0 Å². The Morgan fingerprint density at radius 1 is 1.40 bits per heavy atom. The molecule has 0 aromatic carbocycles. The summed E-state index contributed by atoms with van der Waals surface area (Å²) in [4.78, 5) is 2.10. The molecule has 0 radical (unpaired) electrons. The van der Waals surface area contributed by atoms with Gasteiger partial charge >= 0.3 is 0 Å². The van der Waals surface area contributed by atoms with E-state index >= 15 is 0 Å². The van der Waals surface area contributed by atoms with Crippen molar-refractivity contribution in [2.75, 3.05) is 14.1 Å². The third kappa shape index (κ3) is 1.86. The van der Waals surface area contributed by atoms with Gasteiger partial charge in [0, 0.05) is 18.3 Å². The number of nitrogens with zero attached hydrogens (tertiary/aromatic N) is 3. The van der Waals surface area contributed by atoms with Crippen LogP contribution in [-0.2, 0) is 13.2 Å². The summed E-state index contributed by atoms with van der Waals surface area (Å²) in [6, 6.07) is 4.04. The van der Waals surface area contributed by atoms with E-state index in [9.17, 15) is 5.11 Å². The Labute approximate surface area is 88.8 Å². The molecule has 2 aromatic heterocycles. The molecule has 80 valence electrons. The molecule has 0 aliphatic carbocycles. The van der Waals surface area contributed by atoms with Crippen molar-refractivity contribution in [3.63, 3.8) is 0 Å². The Morgan fingerprint density at radius 2 is 2.20 bits per heavy atom. The minimum Gasteiger partial charge on any atom is -0.392 e. The van der Waals surface area contributed by atoms with E-state index in [1.54, 1.807) is 6.20 Å². The summed E-state index contributed by atoms with van der Waals surface area (Å²) in [6.07, 6.45) is 3.61. The first-order valence-corrected chi connectivity index (χ1v) is 4.92. The van der Waals surface area contributed by atoms with E-state index < -0.39 is 0 Å². The van der Waals surface area contributed by atoms with Crippen LogP contribution < -0.4 is 0 Å². The minimum absolute atomic E-state index is 0.0357. The van der Waals surface area contributed by atoms with Crippen molar-refractivity contribution in [2.45, 2.75) is 13.2 Å². The smallest absolute Gasteiger partial charge is 0.0761 e. The molecule has 0 aliphatic heterocycles. The van der Waals surface area contributed by atoms with E-state index in [0.717, 1.165) is 17.6 Å². The van der Waals surface area contributed by atoms with Gasteiger partial charge in [-0.25, -0.2) is 4.52 Å². The average Bonchev–Trinajstić information content (AvgIpc) is 2.61. The molecule has 2 aromatic rings. The molecule has 0 fully saturated rings. The number of rotatable bonds is 3. The fourth-order valence-corrected chi connectivity index (χ4v) is 1.77. The number of aliphatic hydroxyl groups excluding tert-OH is 1. The quantitative estimate of drug-likeness (QED) is 0.809. The highest BCUT2D eigenvalue weighted by atomic mass is 16.3. The van der Waals surface area contributed by atoms with Gasteiger partial charge < -0.3 is 10.0 Å². The van der Waals surface area contributed by atoms with Crippen LogP contribution >= 0.6 is 0 Å². The van der Waals surface area contributed by atoms with Crippen molar-refractivity contribution >= 4 is 5.52 Å². The van der Waals surface area contributed by atoms with Gasteiger partial charge in [0.25, 0.3) is 0 Å². The van der Waals surface area contributed by atoms with Crippen LogP contribution in [0.1, 0.15) is 11.1 Å². The van der Waals surface area contributed by atoms with Crippen LogP contribution in [0.5, 0.6) is 0 Å². The SMILES string of the molecule is CN(C)Cc1cccn2ncc(CO)c12. The topological polar surface area (TPSA) is 40.8 Å². The number of aliphatic hydroxyl groups is 1. The first-order chi connectivity index (χ1) is 7.22. The van der Waals surface area contributed by atoms with Crippen LogP contribution in [0, 0.1) is 0 Å². The lowest BCUT2D eigenvalue weighted by molar-refractivity contribution is 0.283. The zero-order chi connectivity index (χ0) is 10.8. The summed E-state index contributed by atoms with van der Waals surface area (Å²) in [5.74, 6) is 0.